The number of nitrogens with zero attached hydrogens (tertiary/aromatic N) is 1. The molecule has 0 heterocycles. The summed E-state index contributed by atoms with van der Waals surface area (Å²) in [7, 11) is -3.73. The molecular formula is C14H12Br2N2O3S. The van der Waals surface area contributed by atoms with Crippen molar-refractivity contribution in [3.63, 3.8) is 0 Å². The largest absolute Gasteiger partial charge is 0.506 e. The molecule has 0 unspecified atom stereocenters. The van der Waals surface area contributed by atoms with Crippen LogP contribution in [0.5, 0.6) is 5.75 Å². The Morgan fingerprint density at radius 3 is 2.45 bits per heavy atom. The lowest BCUT2D eigenvalue weighted by atomic mass is 10.2. The number of rotatable bonds is 4. The number of benzene rings is 2. The summed E-state index contributed by atoms with van der Waals surface area (Å²) in [5.74, 6) is -0.0264. The summed E-state index contributed by atoms with van der Waals surface area (Å²) in [6, 6.07) is 9.69. The third-order valence-corrected chi connectivity index (χ3v) is 5.07. The highest BCUT2D eigenvalue weighted by molar-refractivity contribution is 9.11. The van der Waals surface area contributed by atoms with E-state index >= 15 is 0 Å². The number of hydrogen-bond acceptors (Lipinski definition) is 4. The zero-order chi connectivity index (χ0) is 16.3. The third-order valence-electron chi connectivity index (χ3n) is 2.77. The molecule has 2 rings (SSSR count). The van der Waals surface area contributed by atoms with Crippen molar-refractivity contribution in [3.05, 3.63) is 56.5 Å². The molecule has 0 amide bonds. The van der Waals surface area contributed by atoms with Gasteiger partial charge in [-0.15, -0.1) is 0 Å². The van der Waals surface area contributed by atoms with E-state index in [1.165, 1.54) is 18.3 Å². The maximum atomic E-state index is 12.0. The number of hydrogen-bond donors (Lipinski definition) is 2. The molecule has 0 saturated heterocycles. The van der Waals surface area contributed by atoms with Crippen molar-refractivity contribution in [1.29, 1.82) is 0 Å². The number of sulfonamides is 1. The topological polar surface area (TPSA) is 78.8 Å². The van der Waals surface area contributed by atoms with Crippen LogP contribution in [-0.2, 0) is 10.0 Å². The highest BCUT2D eigenvalue weighted by Crippen LogP contribution is 2.30. The van der Waals surface area contributed by atoms with Gasteiger partial charge in [0.2, 0.25) is 0 Å². The summed E-state index contributed by atoms with van der Waals surface area (Å²) in [5.41, 5.74) is 1.33. The van der Waals surface area contributed by atoms with Crippen LogP contribution in [0.25, 0.3) is 0 Å². The van der Waals surface area contributed by atoms with Crippen molar-refractivity contribution in [2.24, 2.45) is 5.10 Å². The molecule has 5 nitrogen and oxygen atoms in total. The van der Waals surface area contributed by atoms with Crippen molar-refractivity contribution in [1.82, 2.24) is 4.83 Å². The first-order valence-corrected chi connectivity index (χ1v) is 9.16. The molecule has 0 spiro atoms. The third kappa shape index (κ3) is 4.08. The highest BCUT2D eigenvalue weighted by atomic mass is 79.9. The van der Waals surface area contributed by atoms with E-state index in [1.807, 2.05) is 6.92 Å². The fourth-order valence-corrected chi connectivity index (χ4v) is 3.67. The van der Waals surface area contributed by atoms with Crippen molar-refractivity contribution in [2.75, 3.05) is 0 Å². The quantitative estimate of drug-likeness (QED) is 0.555. The first-order chi connectivity index (χ1) is 10.3. The summed E-state index contributed by atoms with van der Waals surface area (Å²) in [6.45, 7) is 1.87. The predicted octanol–water partition coefficient (Wildman–Crippen LogP) is 3.54. The fraction of sp³-hybridized carbons (Fsp3) is 0.0714. The lowest BCUT2D eigenvalue weighted by molar-refractivity contribution is 0.471. The Labute approximate surface area is 145 Å². The van der Waals surface area contributed by atoms with Gasteiger partial charge in [-0.05, 0) is 47.1 Å². The predicted molar refractivity (Wildman–Crippen MR) is 92.6 cm³/mol. The molecule has 0 radical (unpaired) electrons. The maximum absolute atomic E-state index is 12.0. The van der Waals surface area contributed by atoms with Crippen LogP contribution >= 0.6 is 31.9 Å². The van der Waals surface area contributed by atoms with E-state index in [0.717, 1.165) is 10.0 Å². The Hall–Kier alpha value is -1.38. The molecule has 0 aliphatic rings. The average molecular weight is 448 g/mol. The minimum absolute atomic E-state index is 0.0264. The number of aryl methyl sites for hydroxylation is 1. The van der Waals surface area contributed by atoms with Gasteiger partial charge in [0.05, 0.1) is 15.6 Å². The van der Waals surface area contributed by atoms with Crippen molar-refractivity contribution < 1.29 is 13.5 Å². The van der Waals surface area contributed by atoms with Crippen LogP contribution in [0.3, 0.4) is 0 Å². The molecule has 22 heavy (non-hydrogen) atoms. The van der Waals surface area contributed by atoms with Crippen molar-refractivity contribution in [2.45, 2.75) is 11.8 Å². The van der Waals surface area contributed by atoms with Crippen LogP contribution in [0.4, 0.5) is 0 Å². The fourth-order valence-electron chi connectivity index (χ4n) is 1.62. The van der Waals surface area contributed by atoms with Gasteiger partial charge >= 0.3 is 0 Å². The summed E-state index contributed by atoms with van der Waals surface area (Å²) in [6.07, 6.45) is 1.23. The number of aromatic hydroxyl groups is 1. The monoisotopic (exact) mass is 446 g/mol. The second-order valence-corrected chi connectivity index (χ2v) is 7.92. The average Bonchev–Trinajstić information content (AvgIpc) is 2.44. The molecule has 116 valence electrons. The van der Waals surface area contributed by atoms with Gasteiger partial charge in [-0.3, -0.25) is 0 Å². The molecule has 0 atom stereocenters. The minimum atomic E-state index is -3.73. The van der Waals surface area contributed by atoms with Gasteiger partial charge in [0.25, 0.3) is 10.0 Å². The lowest BCUT2D eigenvalue weighted by Gasteiger charge is -2.05. The first kappa shape index (κ1) is 17.0. The van der Waals surface area contributed by atoms with Gasteiger partial charge in [0.1, 0.15) is 5.75 Å². The van der Waals surface area contributed by atoms with Crippen LogP contribution in [0.1, 0.15) is 11.1 Å². The van der Waals surface area contributed by atoms with Crippen LogP contribution in [0, 0.1) is 6.92 Å². The zero-order valence-electron chi connectivity index (χ0n) is 11.4. The number of nitrogens with one attached hydrogen (secondary N) is 1. The normalized spacial score (nSPS) is 11.8. The van der Waals surface area contributed by atoms with Gasteiger partial charge in [0.15, 0.2) is 0 Å². The Bertz CT molecular complexity index is 819. The molecule has 2 aromatic rings. The lowest BCUT2D eigenvalue weighted by Crippen LogP contribution is -2.18. The van der Waals surface area contributed by atoms with Gasteiger partial charge in [-0.25, -0.2) is 4.83 Å². The van der Waals surface area contributed by atoms with E-state index in [9.17, 15) is 13.5 Å². The number of phenolic OH excluding ortho intramolecular Hbond substituents is 1. The van der Waals surface area contributed by atoms with E-state index in [-0.39, 0.29) is 10.6 Å². The molecular weight excluding hydrogens is 436 g/mol. The first-order valence-electron chi connectivity index (χ1n) is 6.09. The molecule has 0 saturated carbocycles. The summed E-state index contributed by atoms with van der Waals surface area (Å²) in [4.78, 5) is 2.23. The highest BCUT2D eigenvalue weighted by Gasteiger charge is 2.12. The Morgan fingerprint density at radius 2 is 1.82 bits per heavy atom. The summed E-state index contributed by atoms with van der Waals surface area (Å²) in [5, 5.41) is 13.6. The van der Waals surface area contributed by atoms with Crippen LogP contribution in [-0.4, -0.2) is 19.7 Å². The number of hydrazone groups is 1. The number of phenols is 1. The molecule has 0 fully saturated rings. The van der Waals surface area contributed by atoms with E-state index in [4.69, 9.17) is 0 Å². The molecule has 0 bridgehead atoms. The summed E-state index contributed by atoms with van der Waals surface area (Å²) >= 11 is 6.47. The Balaban J connectivity index is 2.20. The second kappa shape index (κ2) is 6.80. The second-order valence-electron chi connectivity index (χ2n) is 4.49. The van der Waals surface area contributed by atoms with Gasteiger partial charge in [-0.2, -0.15) is 13.5 Å². The van der Waals surface area contributed by atoms with E-state index in [0.29, 0.717) is 10.0 Å². The van der Waals surface area contributed by atoms with Gasteiger partial charge < -0.3 is 5.11 Å². The van der Waals surface area contributed by atoms with Crippen molar-refractivity contribution >= 4 is 48.1 Å². The molecule has 2 aromatic carbocycles. The summed E-state index contributed by atoms with van der Waals surface area (Å²) < 4.78 is 25.3. The molecule has 2 N–H and O–H groups in total. The van der Waals surface area contributed by atoms with E-state index in [1.54, 1.807) is 24.3 Å². The number of halogens is 2. The minimum Gasteiger partial charge on any atom is -0.506 e. The standard InChI is InChI=1S/C14H12Br2N2O3S/c1-9-2-4-12(5-3-9)22(20,21)18-17-8-10-6-11(15)7-13(16)14(10)19/h2-8,18-19H,1H3/b17-8+. The maximum Gasteiger partial charge on any atom is 0.276 e. The van der Waals surface area contributed by atoms with Crippen LogP contribution in [0.15, 0.2) is 55.3 Å². The van der Waals surface area contributed by atoms with E-state index < -0.39 is 10.0 Å². The van der Waals surface area contributed by atoms with E-state index in [2.05, 4.69) is 41.8 Å². The molecule has 0 aromatic heterocycles. The van der Waals surface area contributed by atoms with Gasteiger partial charge in [0, 0.05) is 10.0 Å². The van der Waals surface area contributed by atoms with Gasteiger partial charge in [-0.1, -0.05) is 33.6 Å². The SMILES string of the molecule is Cc1ccc(S(=O)(=O)N/N=C/c2cc(Br)cc(Br)c2O)cc1. The molecule has 0 aliphatic carbocycles. The van der Waals surface area contributed by atoms with Crippen molar-refractivity contribution in [3.8, 4) is 5.75 Å². The molecule has 8 heteroatoms. The van der Waals surface area contributed by atoms with Crippen LogP contribution < -0.4 is 4.83 Å². The van der Waals surface area contributed by atoms with Crippen LogP contribution in [0.2, 0.25) is 0 Å². The Kier molecular flexibility index (Phi) is 5.25. The molecule has 0 aliphatic heterocycles. The smallest absolute Gasteiger partial charge is 0.276 e. The Morgan fingerprint density at radius 1 is 1.18 bits per heavy atom. The zero-order valence-corrected chi connectivity index (χ0v) is 15.4.